The van der Waals surface area contributed by atoms with Crippen LogP contribution in [0.15, 0.2) is 18.2 Å². The number of nitrogens with zero attached hydrogens (tertiary/aromatic N) is 1. The Balaban J connectivity index is 2.48. The molecule has 0 heterocycles. The monoisotopic (exact) mass is 299 g/mol. The molecule has 0 aliphatic rings. The van der Waals surface area contributed by atoms with Gasteiger partial charge in [0.2, 0.25) is 0 Å². The van der Waals surface area contributed by atoms with Gasteiger partial charge in [0.25, 0.3) is 0 Å². The van der Waals surface area contributed by atoms with Crippen molar-refractivity contribution in [3.63, 3.8) is 0 Å². The molecule has 1 rings (SSSR count). The van der Waals surface area contributed by atoms with Crippen molar-refractivity contribution in [2.45, 2.75) is 32.5 Å². The fraction of sp³-hybridized carbons (Fsp3) is 0.625. The Morgan fingerprint density at radius 1 is 1.29 bits per heavy atom. The fourth-order valence-electron chi connectivity index (χ4n) is 2.06. The minimum Gasteiger partial charge on any atom is -0.496 e. The SMILES string of the molecule is COc1cccc(F)c1C(O)CCN(C)CCOC(C)C. The summed E-state index contributed by atoms with van der Waals surface area (Å²) in [7, 11) is 3.43. The van der Waals surface area contributed by atoms with E-state index in [0.717, 1.165) is 6.54 Å². The molecule has 0 aromatic heterocycles. The van der Waals surface area contributed by atoms with Gasteiger partial charge >= 0.3 is 0 Å². The first kappa shape index (κ1) is 17.9. The lowest BCUT2D eigenvalue weighted by molar-refractivity contribution is 0.0598. The van der Waals surface area contributed by atoms with Gasteiger partial charge in [-0.15, -0.1) is 0 Å². The highest BCUT2D eigenvalue weighted by molar-refractivity contribution is 5.36. The first-order chi connectivity index (χ1) is 9.95. The predicted octanol–water partition coefficient (Wildman–Crippen LogP) is 2.61. The lowest BCUT2D eigenvalue weighted by atomic mass is 10.0. The van der Waals surface area contributed by atoms with E-state index < -0.39 is 11.9 Å². The smallest absolute Gasteiger partial charge is 0.132 e. The number of halogens is 1. The summed E-state index contributed by atoms with van der Waals surface area (Å²) in [6.45, 7) is 6.06. The summed E-state index contributed by atoms with van der Waals surface area (Å²) >= 11 is 0. The zero-order valence-electron chi connectivity index (χ0n) is 13.3. The van der Waals surface area contributed by atoms with Crippen LogP contribution in [0, 0.1) is 5.82 Å². The molecule has 21 heavy (non-hydrogen) atoms. The molecule has 0 amide bonds. The van der Waals surface area contributed by atoms with Crippen LogP contribution in [-0.2, 0) is 4.74 Å². The van der Waals surface area contributed by atoms with Gasteiger partial charge in [-0.2, -0.15) is 0 Å². The maximum atomic E-state index is 13.8. The summed E-state index contributed by atoms with van der Waals surface area (Å²) < 4.78 is 24.4. The molecule has 0 saturated heterocycles. The van der Waals surface area contributed by atoms with Crippen LogP contribution in [0.5, 0.6) is 5.75 Å². The number of rotatable bonds is 9. The van der Waals surface area contributed by atoms with Crippen LogP contribution in [0.4, 0.5) is 4.39 Å². The summed E-state index contributed by atoms with van der Waals surface area (Å²) in [5.41, 5.74) is 0.229. The number of methoxy groups -OCH3 is 1. The van der Waals surface area contributed by atoms with Gasteiger partial charge in [-0.25, -0.2) is 4.39 Å². The maximum absolute atomic E-state index is 13.8. The highest BCUT2D eigenvalue weighted by Gasteiger charge is 2.18. The molecule has 1 aromatic rings. The molecule has 0 fully saturated rings. The van der Waals surface area contributed by atoms with Gasteiger partial charge in [0.15, 0.2) is 0 Å². The van der Waals surface area contributed by atoms with Crippen LogP contribution in [0.1, 0.15) is 31.9 Å². The van der Waals surface area contributed by atoms with Crippen molar-refractivity contribution in [3.05, 3.63) is 29.6 Å². The second-order valence-corrected chi connectivity index (χ2v) is 5.38. The molecule has 120 valence electrons. The average molecular weight is 299 g/mol. The number of hydrogen-bond donors (Lipinski definition) is 1. The van der Waals surface area contributed by atoms with Crippen molar-refractivity contribution < 1.29 is 19.0 Å². The third-order valence-corrected chi connectivity index (χ3v) is 3.27. The number of ether oxygens (including phenoxy) is 2. The van der Waals surface area contributed by atoms with Gasteiger partial charge in [-0.3, -0.25) is 0 Å². The normalized spacial score (nSPS) is 13.0. The molecule has 5 heteroatoms. The Morgan fingerprint density at radius 2 is 2.00 bits per heavy atom. The molecular formula is C16H26FNO3. The summed E-state index contributed by atoms with van der Waals surface area (Å²) in [4.78, 5) is 2.05. The van der Waals surface area contributed by atoms with Crippen LogP contribution in [0.25, 0.3) is 0 Å². The Hall–Kier alpha value is -1.17. The van der Waals surface area contributed by atoms with E-state index >= 15 is 0 Å². The highest BCUT2D eigenvalue weighted by atomic mass is 19.1. The second-order valence-electron chi connectivity index (χ2n) is 5.38. The van der Waals surface area contributed by atoms with Crippen molar-refractivity contribution in [1.82, 2.24) is 4.90 Å². The first-order valence-electron chi connectivity index (χ1n) is 7.26. The minimum atomic E-state index is -0.880. The average Bonchev–Trinajstić information content (AvgIpc) is 2.44. The quantitative estimate of drug-likeness (QED) is 0.761. The van der Waals surface area contributed by atoms with Gasteiger partial charge in [0.1, 0.15) is 11.6 Å². The third-order valence-electron chi connectivity index (χ3n) is 3.27. The van der Waals surface area contributed by atoms with Crippen molar-refractivity contribution in [2.75, 3.05) is 33.9 Å². The van der Waals surface area contributed by atoms with E-state index in [1.54, 1.807) is 12.1 Å². The largest absolute Gasteiger partial charge is 0.496 e. The van der Waals surface area contributed by atoms with Crippen molar-refractivity contribution >= 4 is 0 Å². The van der Waals surface area contributed by atoms with Crippen molar-refractivity contribution in [2.24, 2.45) is 0 Å². The van der Waals surface area contributed by atoms with Gasteiger partial charge in [0, 0.05) is 13.1 Å². The third kappa shape index (κ3) is 5.99. The molecule has 0 saturated carbocycles. The van der Waals surface area contributed by atoms with E-state index in [-0.39, 0.29) is 11.7 Å². The second kappa shape index (κ2) is 8.97. The molecular weight excluding hydrogens is 273 g/mol. The molecule has 0 radical (unpaired) electrons. The summed E-state index contributed by atoms with van der Waals surface area (Å²) in [6, 6.07) is 4.56. The van der Waals surface area contributed by atoms with Gasteiger partial charge in [-0.1, -0.05) is 6.07 Å². The van der Waals surface area contributed by atoms with E-state index in [1.165, 1.54) is 13.2 Å². The number of aliphatic hydroxyl groups is 1. The zero-order valence-corrected chi connectivity index (χ0v) is 13.3. The van der Waals surface area contributed by atoms with Crippen molar-refractivity contribution in [1.29, 1.82) is 0 Å². The van der Waals surface area contributed by atoms with Gasteiger partial charge in [-0.05, 0) is 39.4 Å². The molecule has 1 unspecified atom stereocenters. The predicted molar refractivity (Wildman–Crippen MR) is 81.1 cm³/mol. The van der Waals surface area contributed by atoms with E-state index in [9.17, 15) is 9.50 Å². The lowest BCUT2D eigenvalue weighted by Crippen LogP contribution is -2.26. The molecule has 0 aliphatic carbocycles. The molecule has 1 aromatic carbocycles. The highest BCUT2D eigenvalue weighted by Crippen LogP contribution is 2.29. The molecule has 0 bridgehead atoms. The lowest BCUT2D eigenvalue weighted by Gasteiger charge is -2.21. The Labute approximate surface area is 126 Å². The molecule has 4 nitrogen and oxygen atoms in total. The van der Waals surface area contributed by atoms with E-state index in [2.05, 4.69) is 4.90 Å². The number of aliphatic hydroxyl groups excluding tert-OH is 1. The molecule has 1 atom stereocenters. The van der Waals surface area contributed by atoms with Gasteiger partial charge < -0.3 is 19.5 Å². The Bertz CT molecular complexity index is 426. The zero-order chi connectivity index (χ0) is 15.8. The minimum absolute atomic E-state index is 0.215. The Kier molecular flexibility index (Phi) is 7.64. The van der Waals surface area contributed by atoms with Gasteiger partial charge in [0.05, 0.1) is 31.5 Å². The van der Waals surface area contributed by atoms with Crippen LogP contribution in [0.3, 0.4) is 0 Å². The fourth-order valence-corrected chi connectivity index (χ4v) is 2.06. The topological polar surface area (TPSA) is 41.9 Å². The van der Waals surface area contributed by atoms with Crippen LogP contribution >= 0.6 is 0 Å². The molecule has 0 spiro atoms. The van der Waals surface area contributed by atoms with E-state index in [1.807, 2.05) is 20.9 Å². The summed E-state index contributed by atoms with van der Waals surface area (Å²) in [6.07, 6.45) is -0.226. The summed E-state index contributed by atoms with van der Waals surface area (Å²) in [5, 5.41) is 10.2. The van der Waals surface area contributed by atoms with E-state index in [4.69, 9.17) is 9.47 Å². The number of likely N-dealkylation sites (N-methyl/N-ethyl adjacent to an activating group) is 1. The number of benzene rings is 1. The Morgan fingerprint density at radius 3 is 2.62 bits per heavy atom. The van der Waals surface area contributed by atoms with Crippen LogP contribution in [-0.4, -0.2) is 50.0 Å². The summed E-state index contributed by atoms with van der Waals surface area (Å²) in [5.74, 6) is -0.0547. The number of hydrogen-bond acceptors (Lipinski definition) is 4. The van der Waals surface area contributed by atoms with E-state index in [0.29, 0.717) is 25.3 Å². The molecule has 1 N–H and O–H groups in total. The van der Waals surface area contributed by atoms with Crippen LogP contribution in [0.2, 0.25) is 0 Å². The molecule has 0 aliphatic heterocycles. The van der Waals surface area contributed by atoms with Crippen molar-refractivity contribution in [3.8, 4) is 5.75 Å². The standard InChI is InChI=1S/C16H26FNO3/c1-12(2)21-11-10-18(3)9-8-14(19)16-13(17)6-5-7-15(16)20-4/h5-7,12,14,19H,8-11H2,1-4H3. The van der Waals surface area contributed by atoms with Crippen LogP contribution < -0.4 is 4.74 Å². The first-order valence-corrected chi connectivity index (χ1v) is 7.26. The maximum Gasteiger partial charge on any atom is 0.132 e.